The van der Waals surface area contributed by atoms with E-state index in [2.05, 4.69) is 14.8 Å². The number of hydrogen-bond acceptors (Lipinski definition) is 7. The molecule has 23 heavy (non-hydrogen) atoms. The van der Waals surface area contributed by atoms with Gasteiger partial charge in [-0.25, -0.2) is 0 Å². The molecule has 0 aliphatic heterocycles. The Morgan fingerprint density at radius 2 is 2.00 bits per heavy atom. The first-order chi connectivity index (χ1) is 10.6. The quantitative estimate of drug-likeness (QED) is 0.315. The molecular weight excluding hydrogens is 321 g/mol. The molecule has 0 aliphatic carbocycles. The van der Waals surface area contributed by atoms with Gasteiger partial charge < -0.3 is 26.3 Å². The van der Waals surface area contributed by atoms with Gasteiger partial charge in [0.05, 0.1) is 18.1 Å². The third kappa shape index (κ3) is 6.03. The van der Waals surface area contributed by atoms with Gasteiger partial charge in [-0.15, -0.1) is 13.2 Å². The molecule has 0 fully saturated rings. The van der Waals surface area contributed by atoms with Crippen molar-refractivity contribution in [2.24, 2.45) is 11.5 Å². The summed E-state index contributed by atoms with van der Waals surface area (Å²) >= 11 is 0. The first-order valence-corrected chi connectivity index (χ1v) is 5.90. The maximum atomic E-state index is 12.1. The lowest BCUT2D eigenvalue weighted by molar-refractivity contribution is -0.384. The molecule has 126 valence electrons. The highest BCUT2D eigenvalue weighted by Gasteiger charge is 2.32. The van der Waals surface area contributed by atoms with Crippen LogP contribution in [0.2, 0.25) is 0 Å². The molecule has 0 saturated carbocycles. The zero-order valence-electron chi connectivity index (χ0n) is 11.8. The fraction of sp³-hybridized carbons (Fsp3) is 0.167. The van der Waals surface area contributed by atoms with Crippen molar-refractivity contribution < 1.29 is 27.6 Å². The van der Waals surface area contributed by atoms with Crippen molar-refractivity contribution in [1.82, 2.24) is 0 Å². The molecule has 0 atom stereocenters. The van der Waals surface area contributed by atoms with Gasteiger partial charge >= 0.3 is 6.36 Å². The summed E-state index contributed by atoms with van der Waals surface area (Å²) in [6.07, 6.45) is -2.40. The van der Waals surface area contributed by atoms with E-state index in [-0.39, 0.29) is 17.4 Å². The predicted octanol–water partition coefficient (Wildman–Crippen LogP) is 2.15. The van der Waals surface area contributed by atoms with E-state index in [0.717, 1.165) is 12.1 Å². The lowest BCUT2D eigenvalue weighted by Crippen LogP contribution is -2.17. The number of alkyl halides is 3. The van der Waals surface area contributed by atoms with Crippen molar-refractivity contribution in [1.29, 1.82) is 0 Å². The van der Waals surface area contributed by atoms with Crippen LogP contribution in [0.15, 0.2) is 42.1 Å². The number of ether oxygens (including phenoxy) is 2. The van der Waals surface area contributed by atoms with Crippen LogP contribution in [0, 0.1) is 10.1 Å². The number of nitrogens with two attached hydrogens (primary N) is 2. The second-order valence-electron chi connectivity index (χ2n) is 4.00. The molecule has 8 nitrogen and oxygen atoms in total. The van der Waals surface area contributed by atoms with Crippen LogP contribution in [0.4, 0.5) is 24.5 Å². The summed E-state index contributed by atoms with van der Waals surface area (Å²) in [6.45, 7) is 0. The van der Waals surface area contributed by atoms with E-state index in [1.807, 2.05) is 0 Å². The lowest BCUT2D eigenvalue weighted by atomic mass is 10.2. The summed E-state index contributed by atoms with van der Waals surface area (Å²) in [7, 11) is 1.33. The number of nitro groups is 1. The van der Waals surface area contributed by atoms with Gasteiger partial charge in [0, 0.05) is 6.08 Å². The smallest absolute Gasteiger partial charge is 0.483 e. The Labute approximate surface area is 128 Å². The number of rotatable bonds is 6. The minimum Gasteiger partial charge on any atom is -0.483 e. The second kappa shape index (κ2) is 7.24. The minimum absolute atomic E-state index is 0.0400. The number of nitrogens with one attached hydrogen (secondary N) is 1. The van der Waals surface area contributed by atoms with Gasteiger partial charge in [-0.05, 0) is 18.2 Å². The van der Waals surface area contributed by atoms with E-state index in [9.17, 15) is 23.3 Å². The average molecular weight is 334 g/mol. The molecule has 0 aliphatic rings. The van der Waals surface area contributed by atoms with Crippen molar-refractivity contribution in [2.45, 2.75) is 6.36 Å². The Morgan fingerprint density at radius 3 is 2.52 bits per heavy atom. The predicted molar refractivity (Wildman–Crippen MR) is 75.0 cm³/mol. The number of hydrogen-bond donors (Lipinski definition) is 3. The number of nitro benzene ring substituents is 1. The fourth-order valence-corrected chi connectivity index (χ4v) is 1.40. The Kier molecular flexibility index (Phi) is 5.65. The van der Waals surface area contributed by atoms with E-state index in [0.29, 0.717) is 6.07 Å². The number of benzene rings is 1. The van der Waals surface area contributed by atoms with Crippen LogP contribution < -0.4 is 21.5 Å². The van der Waals surface area contributed by atoms with E-state index in [1.54, 1.807) is 0 Å². The van der Waals surface area contributed by atoms with Crippen LogP contribution in [0.5, 0.6) is 5.75 Å². The summed E-state index contributed by atoms with van der Waals surface area (Å²) in [5, 5.41) is 13.4. The summed E-state index contributed by atoms with van der Waals surface area (Å²) in [5.41, 5.74) is 10.2. The van der Waals surface area contributed by atoms with Crippen LogP contribution in [0.3, 0.4) is 0 Å². The molecule has 0 amide bonds. The van der Waals surface area contributed by atoms with Gasteiger partial charge in [-0.2, -0.15) is 0 Å². The molecule has 0 spiro atoms. The molecule has 1 rings (SSSR count). The Hall–Kier alpha value is -3.11. The zero-order valence-corrected chi connectivity index (χ0v) is 11.8. The Bertz CT molecular complexity index is 644. The molecule has 5 N–H and O–H groups in total. The van der Waals surface area contributed by atoms with Gasteiger partial charge in [-0.1, -0.05) is 0 Å². The maximum Gasteiger partial charge on any atom is 0.573 e. The van der Waals surface area contributed by atoms with Crippen LogP contribution in [0.25, 0.3) is 0 Å². The number of methoxy groups -OCH3 is 1. The minimum atomic E-state index is -4.95. The maximum absolute atomic E-state index is 12.1. The highest BCUT2D eigenvalue weighted by Crippen LogP contribution is 2.32. The van der Waals surface area contributed by atoms with Gasteiger partial charge in [0.1, 0.15) is 17.3 Å². The standard InChI is InChI=1S/C12H13F3N4O4/c1-22-11(17)5-4-10(16)18-8-3-2-7(23-12(13,14)15)6-9(8)19(20)21/h2-6,18H,16-17H2,1H3/b10-4+,11-5+. The van der Waals surface area contributed by atoms with Crippen molar-refractivity contribution in [3.63, 3.8) is 0 Å². The van der Waals surface area contributed by atoms with Crippen molar-refractivity contribution >= 4 is 11.4 Å². The van der Waals surface area contributed by atoms with Crippen molar-refractivity contribution in [3.05, 3.63) is 52.2 Å². The Balaban J connectivity index is 3.05. The SMILES string of the molecule is CO/C(N)=C/C=C(\N)Nc1ccc(OC(F)(F)F)cc1[N+](=O)[O-]. The highest BCUT2D eigenvalue weighted by molar-refractivity contribution is 5.66. The summed E-state index contributed by atoms with van der Waals surface area (Å²) in [4.78, 5) is 10.1. The lowest BCUT2D eigenvalue weighted by Gasteiger charge is -2.11. The summed E-state index contributed by atoms with van der Waals surface area (Å²) in [6, 6.07) is 2.57. The van der Waals surface area contributed by atoms with Crippen molar-refractivity contribution in [3.8, 4) is 5.75 Å². The van der Waals surface area contributed by atoms with Crippen LogP contribution in [-0.2, 0) is 4.74 Å². The first-order valence-electron chi connectivity index (χ1n) is 5.90. The molecule has 0 bridgehead atoms. The molecule has 11 heteroatoms. The zero-order chi connectivity index (χ0) is 17.6. The van der Waals surface area contributed by atoms with E-state index < -0.39 is 22.7 Å². The summed E-state index contributed by atoms with van der Waals surface area (Å²) < 4.78 is 44.7. The molecule has 1 aromatic rings. The van der Waals surface area contributed by atoms with Gasteiger partial charge in [-0.3, -0.25) is 10.1 Å². The number of anilines is 1. The molecule has 0 unspecified atom stereocenters. The van der Waals surface area contributed by atoms with Gasteiger partial charge in [0.25, 0.3) is 5.69 Å². The van der Waals surface area contributed by atoms with Crippen LogP contribution >= 0.6 is 0 Å². The molecule has 0 heterocycles. The van der Waals surface area contributed by atoms with E-state index in [1.165, 1.54) is 19.3 Å². The summed E-state index contributed by atoms with van der Waals surface area (Å²) in [5.74, 6) is -0.725. The number of nitrogens with zero attached hydrogens (tertiary/aromatic N) is 1. The third-order valence-corrected chi connectivity index (χ3v) is 2.34. The largest absolute Gasteiger partial charge is 0.573 e. The third-order valence-electron chi connectivity index (χ3n) is 2.34. The fourth-order valence-electron chi connectivity index (χ4n) is 1.40. The normalized spacial score (nSPS) is 12.7. The number of allylic oxidation sites excluding steroid dienone is 2. The monoisotopic (exact) mass is 334 g/mol. The highest BCUT2D eigenvalue weighted by atomic mass is 19.4. The molecule has 1 aromatic carbocycles. The molecular formula is C12H13F3N4O4. The van der Waals surface area contributed by atoms with Crippen molar-refractivity contribution in [2.75, 3.05) is 12.4 Å². The van der Waals surface area contributed by atoms with Gasteiger partial charge in [0.15, 0.2) is 5.88 Å². The molecule has 0 saturated heterocycles. The van der Waals surface area contributed by atoms with E-state index >= 15 is 0 Å². The molecule has 0 radical (unpaired) electrons. The number of halogens is 3. The van der Waals surface area contributed by atoms with Crippen LogP contribution in [0.1, 0.15) is 0 Å². The second-order valence-corrected chi connectivity index (χ2v) is 4.00. The Morgan fingerprint density at radius 1 is 1.35 bits per heavy atom. The average Bonchev–Trinajstić information content (AvgIpc) is 2.44. The topological polar surface area (TPSA) is 126 Å². The molecule has 0 aromatic heterocycles. The van der Waals surface area contributed by atoms with Crippen LogP contribution in [-0.4, -0.2) is 18.4 Å². The first kappa shape index (κ1) is 17.9. The van der Waals surface area contributed by atoms with E-state index in [4.69, 9.17) is 11.5 Å². The van der Waals surface area contributed by atoms with Gasteiger partial charge in [0.2, 0.25) is 0 Å².